The average molecular weight is 432 g/mol. The Morgan fingerprint density at radius 1 is 1.19 bits per heavy atom. The molecule has 1 N–H and O–H groups in total. The van der Waals surface area contributed by atoms with Gasteiger partial charge in [0.25, 0.3) is 5.09 Å². The molecule has 2 aromatic rings. The molecule has 9 heteroatoms. The third-order valence-electron chi connectivity index (χ3n) is 4.69. The molecular formula is C22H25FN2O6. The number of carbonyl (C=O) groups excluding carboxylic acids is 2. The van der Waals surface area contributed by atoms with Gasteiger partial charge >= 0.3 is 5.97 Å². The molecule has 0 aromatic heterocycles. The number of hydrogen-bond acceptors (Lipinski definition) is 6. The van der Waals surface area contributed by atoms with Gasteiger partial charge in [0.1, 0.15) is 19.0 Å². The van der Waals surface area contributed by atoms with Gasteiger partial charge in [0.15, 0.2) is 0 Å². The van der Waals surface area contributed by atoms with Gasteiger partial charge in [-0.1, -0.05) is 42.5 Å². The first-order valence-corrected chi connectivity index (χ1v) is 9.69. The van der Waals surface area contributed by atoms with Crippen molar-refractivity contribution in [1.82, 2.24) is 5.32 Å². The van der Waals surface area contributed by atoms with Crippen LogP contribution >= 0.6 is 0 Å². The van der Waals surface area contributed by atoms with Gasteiger partial charge < -0.3 is 14.9 Å². The molecular weight excluding hydrogens is 407 g/mol. The summed E-state index contributed by atoms with van der Waals surface area (Å²) in [5.74, 6) is -2.06. The van der Waals surface area contributed by atoms with Crippen LogP contribution in [0.25, 0.3) is 11.1 Å². The highest BCUT2D eigenvalue weighted by molar-refractivity contribution is 5.83. The van der Waals surface area contributed by atoms with E-state index in [2.05, 4.69) is 10.2 Å². The molecule has 1 atom stereocenters. The largest absolute Gasteiger partial charge is 0.463 e. The first-order valence-electron chi connectivity index (χ1n) is 9.69. The predicted octanol–water partition coefficient (Wildman–Crippen LogP) is 3.49. The molecule has 2 aromatic carbocycles. The number of amides is 1. The summed E-state index contributed by atoms with van der Waals surface area (Å²) >= 11 is 0. The number of ether oxygens (including phenoxy) is 1. The van der Waals surface area contributed by atoms with Crippen LogP contribution in [-0.2, 0) is 19.2 Å². The Labute approximate surface area is 179 Å². The van der Waals surface area contributed by atoms with Crippen molar-refractivity contribution in [2.75, 3.05) is 19.8 Å². The third-order valence-corrected chi connectivity index (χ3v) is 4.69. The van der Waals surface area contributed by atoms with E-state index in [4.69, 9.17) is 4.74 Å². The highest BCUT2D eigenvalue weighted by Crippen LogP contribution is 2.26. The smallest absolute Gasteiger partial charge is 0.313 e. The highest BCUT2D eigenvalue weighted by Gasteiger charge is 2.31. The summed E-state index contributed by atoms with van der Waals surface area (Å²) in [4.78, 5) is 38.8. The zero-order chi connectivity index (χ0) is 23.0. The molecule has 1 unspecified atom stereocenters. The fourth-order valence-electron chi connectivity index (χ4n) is 2.74. The molecule has 31 heavy (non-hydrogen) atoms. The Balaban J connectivity index is 1.85. The molecule has 0 heterocycles. The molecule has 0 fully saturated rings. The summed E-state index contributed by atoms with van der Waals surface area (Å²) in [7, 11) is 0. The van der Waals surface area contributed by atoms with E-state index in [1.807, 2.05) is 18.2 Å². The highest BCUT2D eigenvalue weighted by atomic mass is 19.1. The number of rotatable bonds is 10. The summed E-state index contributed by atoms with van der Waals surface area (Å²) in [6.07, 6.45) is 0. The van der Waals surface area contributed by atoms with Crippen molar-refractivity contribution in [3.63, 3.8) is 0 Å². The molecule has 0 saturated carbocycles. The zero-order valence-electron chi connectivity index (χ0n) is 17.6. The van der Waals surface area contributed by atoms with Crippen LogP contribution in [0.15, 0.2) is 48.5 Å². The maximum atomic E-state index is 14.5. The van der Waals surface area contributed by atoms with Crippen LogP contribution in [0.3, 0.4) is 0 Å². The average Bonchev–Trinajstić information content (AvgIpc) is 2.75. The zero-order valence-corrected chi connectivity index (χ0v) is 17.6. The Morgan fingerprint density at radius 3 is 2.48 bits per heavy atom. The molecule has 1 amide bonds. The van der Waals surface area contributed by atoms with Crippen molar-refractivity contribution in [2.45, 2.75) is 26.7 Å². The first-order chi connectivity index (χ1) is 14.6. The quantitative estimate of drug-likeness (QED) is 0.267. The van der Waals surface area contributed by atoms with Gasteiger partial charge in [-0.05, 0) is 38.0 Å². The predicted molar refractivity (Wildman–Crippen MR) is 111 cm³/mol. The number of carbonyl (C=O) groups is 2. The number of benzene rings is 2. The molecule has 0 aliphatic heterocycles. The second kappa shape index (κ2) is 10.5. The Bertz CT molecular complexity index is 933. The molecule has 0 aliphatic rings. The van der Waals surface area contributed by atoms with E-state index in [0.29, 0.717) is 11.1 Å². The SMILES string of the molecule is CC(C(=O)NCCOC(=O)C(C)(C)CO[N+](=O)[O-])c1ccc(-c2ccccc2)c(F)c1. The third kappa shape index (κ3) is 6.77. The molecule has 2 rings (SSSR count). The maximum absolute atomic E-state index is 14.5. The normalized spacial score (nSPS) is 12.0. The van der Waals surface area contributed by atoms with Crippen LogP contribution in [0.2, 0.25) is 0 Å². The summed E-state index contributed by atoms with van der Waals surface area (Å²) < 4.78 is 19.6. The molecule has 0 aliphatic carbocycles. The Kier molecular flexibility index (Phi) is 8.07. The molecule has 0 spiro atoms. The standard InChI is InChI=1S/C22H25FN2O6/c1-15(17-9-10-18(19(23)13-17)16-7-5-4-6-8-16)20(26)24-11-12-30-21(27)22(2,3)14-31-25(28)29/h4-10,13,15H,11-12,14H2,1-3H3,(H,24,26). The summed E-state index contributed by atoms with van der Waals surface area (Å²) in [5.41, 5.74) is 0.511. The topological polar surface area (TPSA) is 108 Å². The minimum Gasteiger partial charge on any atom is -0.463 e. The monoisotopic (exact) mass is 432 g/mol. The van der Waals surface area contributed by atoms with Gasteiger partial charge in [0.05, 0.1) is 17.9 Å². The van der Waals surface area contributed by atoms with Gasteiger partial charge in [0, 0.05) is 5.56 Å². The van der Waals surface area contributed by atoms with Crippen molar-refractivity contribution in [1.29, 1.82) is 0 Å². The lowest BCUT2D eigenvalue weighted by atomic mass is 9.95. The van der Waals surface area contributed by atoms with Crippen molar-refractivity contribution >= 4 is 11.9 Å². The summed E-state index contributed by atoms with van der Waals surface area (Å²) in [6.45, 7) is 4.05. The van der Waals surface area contributed by atoms with Crippen LogP contribution < -0.4 is 5.32 Å². The molecule has 166 valence electrons. The number of nitrogens with zero attached hydrogens (tertiary/aromatic N) is 1. The number of hydrogen-bond donors (Lipinski definition) is 1. The van der Waals surface area contributed by atoms with E-state index in [-0.39, 0.29) is 19.1 Å². The van der Waals surface area contributed by atoms with E-state index in [1.165, 1.54) is 19.9 Å². The lowest BCUT2D eigenvalue weighted by Gasteiger charge is -2.21. The molecule has 0 saturated heterocycles. The van der Waals surface area contributed by atoms with Crippen molar-refractivity contribution < 1.29 is 28.6 Å². The van der Waals surface area contributed by atoms with E-state index in [9.17, 15) is 24.1 Å². The minimum atomic E-state index is -1.21. The second-order valence-corrected chi connectivity index (χ2v) is 7.63. The van der Waals surface area contributed by atoms with Crippen molar-refractivity contribution in [2.24, 2.45) is 5.41 Å². The van der Waals surface area contributed by atoms with Gasteiger partial charge in [-0.25, -0.2) is 4.39 Å². The van der Waals surface area contributed by atoms with E-state index in [0.717, 1.165) is 5.56 Å². The number of halogens is 1. The van der Waals surface area contributed by atoms with Crippen LogP contribution in [0.1, 0.15) is 32.3 Å². The van der Waals surface area contributed by atoms with E-state index >= 15 is 0 Å². The van der Waals surface area contributed by atoms with Crippen LogP contribution in [0.4, 0.5) is 4.39 Å². The van der Waals surface area contributed by atoms with Gasteiger partial charge in [-0.2, -0.15) is 0 Å². The van der Waals surface area contributed by atoms with Gasteiger partial charge in [0.2, 0.25) is 5.91 Å². The maximum Gasteiger partial charge on any atom is 0.313 e. The fourth-order valence-corrected chi connectivity index (χ4v) is 2.74. The molecule has 0 bridgehead atoms. The van der Waals surface area contributed by atoms with Gasteiger partial charge in [-0.15, -0.1) is 10.1 Å². The summed E-state index contributed by atoms with van der Waals surface area (Å²) in [6, 6.07) is 13.8. The van der Waals surface area contributed by atoms with Crippen molar-refractivity contribution in [3.8, 4) is 11.1 Å². The fraction of sp³-hybridized carbons (Fsp3) is 0.364. The number of esters is 1. The lowest BCUT2D eigenvalue weighted by Crippen LogP contribution is -2.36. The Morgan fingerprint density at radius 2 is 1.87 bits per heavy atom. The van der Waals surface area contributed by atoms with Crippen molar-refractivity contribution in [3.05, 3.63) is 70.0 Å². The van der Waals surface area contributed by atoms with Crippen LogP contribution in [0.5, 0.6) is 0 Å². The molecule has 8 nitrogen and oxygen atoms in total. The molecule has 0 radical (unpaired) electrons. The Hall–Kier alpha value is -3.49. The number of nitrogens with one attached hydrogen (secondary N) is 1. The summed E-state index contributed by atoms with van der Waals surface area (Å²) in [5, 5.41) is 11.9. The van der Waals surface area contributed by atoms with Crippen LogP contribution in [-0.4, -0.2) is 36.7 Å². The van der Waals surface area contributed by atoms with Crippen LogP contribution in [0, 0.1) is 21.3 Å². The van der Waals surface area contributed by atoms with Gasteiger partial charge in [-0.3, -0.25) is 9.59 Å². The first kappa shape index (κ1) is 23.8. The van der Waals surface area contributed by atoms with E-state index < -0.39 is 34.8 Å². The van der Waals surface area contributed by atoms with E-state index in [1.54, 1.807) is 31.2 Å². The lowest BCUT2D eigenvalue weighted by molar-refractivity contribution is -0.760. The minimum absolute atomic E-state index is 0.0473. The second-order valence-electron chi connectivity index (χ2n) is 7.63.